The van der Waals surface area contributed by atoms with Crippen LogP contribution in [-0.2, 0) is 6.54 Å². The van der Waals surface area contributed by atoms with Crippen molar-refractivity contribution >= 4 is 0 Å². The first-order chi connectivity index (χ1) is 11.2. The molecule has 5 nitrogen and oxygen atoms in total. The molecule has 2 aromatic carbocycles. The Morgan fingerprint density at radius 3 is 2.74 bits per heavy atom. The van der Waals surface area contributed by atoms with Crippen LogP contribution in [0.3, 0.4) is 0 Å². The predicted molar refractivity (Wildman–Crippen MR) is 87.0 cm³/mol. The smallest absolute Gasteiger partial charge is 0.231 e. The van der Waals surface area contributed by atoms with E-state index in [2.05, 4.69) is 5.32 Å². The fourth-order valence-electron chi connectivity index (χ4n) is 2.55. The van der Waals surface area contributed by atoms with Gasteiger partial charge in [-0.3, -0.25) is 0 Å². The number of hydrogen-bond donors (Lipinski definition) is 2. The van der Waals surface area contributed by atoms with Crippen molar-refractivity contribution in [3.63, 3.8) is 0 Å². The molecule has 0 aliphatic carbocycles. The number of rotatable bonds is 6. The molecule has 0 fully saturated rings. The highest BCUT2D eigenvalue weighted by Gasteiger charge is 2.20. The van der Waals surface area contributed by atoms with Crippen LogP contribution in [0.1, 0.15) is 22.8 Å². The zero-order chi connectivity index (χ0) is 16.2. The molecule has 0 bridgehead atoms. The van der Waals surface area contributed by atoms with Crippen LogP contribution in [0.4, 0.5) is 0 Å². The first-order valence-electron chi connectivity index (χ1n) is 7.59. The van der Waals surface area contributed by atoms with Crippen LogP contribution >= 0.6 is 0 Å². The number of ether oxygens (including phenoxy) is 3. The van der Waals surface area contributed by atoms with Crippen molar-refractivity contribution in [3.8, 4) is 17.2 Å². The van der Waals surface area contributed by atoms with Gasteiger partial charge in [0.2, 0.25) is 12.5 Å². The van der Waals surface area contributed by atoms with E-state index in [9.17, 15) is 5.11 Å². The summed E-state index contributed by atoms with van der Waals surface area (Å²) in [5, 5.41) is 13.5. The van der Waals surface area contributed by atoms with Gasteiger partial charge < -0.3 is 24.6 Å². The number of nitrogens with one attached hydrogen (secondary N) is 1. The highest BCUT2D eigenvalue weighted by Crippen LogP contribution is 2.41. The molecule has 0 aromatic heterocycles. The van der Waals surface area contributed by atoms with Crippen LogP contribution in [0.2, 0.25) is 0 Å². The molecule has 0 amide bonds. The topological polar surface area (TPSA) is 60.0 Å². The molecule has 0 radical (unpaired) electrons. The zero-order valence-electron chi connectivity index (χ0n) is 13.3. The Kier molecular flexibility index (Phi) is 4.69. The molecule has 5 heteroatoms. The fraction of sp³-hybridized carbons (Fsp3) is 0.333. The second-order valence-corrected chi connectivity index (χ2v) is 5.59. The maximum absolute atomic E-state index is 10.2. The molecule has 2 aromatic rings. The van der Waals surface area contributed by atoms with E-state index in [1.54, 1.807) is 7.11 Å². The summed E-state index contributed by atoms with van der Waals surface area (Å²) in [7, 11) is 1.61. The Morgan fingerprint density at radius 2 is 2.00 bits per heavy atom. The third-order valence-corrected chi connectivity index (χ3v) is 3.85. The maximum atomic E-state index is 10.2. The lowest BCUT2D eigenvalue weighted by molar-refractivity contribution is 0.171. The van der Waals surface area contributed by atoms with Gasteiger partial charge in [0.05, 0.1) is 13.2 Å². The Hall–Kier alpha value is -2.24. The van der Waals surface area contributed by atoms with Crippen LogP contribution in [0, 0.1) is 6.92 Å². The number of aliphatic hydroxyl groups excluding tert-OH is 1. The van der Waals surface area contributed by atoms with Crippen molar-refractivity contribution in [1.29, 1.82) is 0 Å². The largest absolute Gasteiger partial charge is 0.493 e. The SMILES string of the molecule is COc1cc(CNC[C@H](O)c2ccc(C)cc2)cc2c1OCO2. The van der Waals surface area contributed by atoms with Gasteiger partial charge in [-0.2, -0.15) is 0 Å². The molecule has 1 aliphatic rings. The number of methoxy groups -OCH3 is 1. The molecule has 23 heavy (non-hydrogen) atoms. The van der Waals surface area contributed by atoms with Gasteiger partial charge >= 0.3 is 0 Å². The summed E-state index contributed by atoms with van der Waals surface area (Å²) in [6.45, 7) is 3.33. The third kappa shape index (κ3) is 3.57. The molecule has 1 atom stereocenters. The van der Waals surface area contributed by atoms with Gasteiger partial charge in [0, 0.05) is 13.1 Å². The Morgan fingerprint density at radius 1 is 1.22 bits per heavy atom. The van der Waals surface area contributed by atoms with E-state index >= 15 is 0 Å². The lowest BCUT2D eigenvalue weighted by Crippen LogP contribution is -2.21. The van der Waals surface area contributed by atoms with E-state index < -0.39 is 6.10 Å². The van der Waals surface area contributed by atoms with Crippen LogP contribution in [0.15, 0.2) is 36.4 Å². The van der Waals surface area contributed by atoms with Crippen molar-refractivity contribution in [2.75, 3.05) is 20.4 Å². The zero-order valence-corrected chi connectivity index (χ0v) is 13.3. The predicted octanol–water partition coefficient (Wildman–Crippen LogP) is 2.56. The third-order valence-electron chi connectivity index (χ3n) is 3.85. The van der Waals surface area contributed by atoms with Crippen LogP contribution in [-0.4, -0.2) is 25.6 Å². The molecule has 1 aliphatic heterocycles. The van der Waals surface area contributed by atoms with Crippen LogP contribution in [0.25, 0.3) is 0 Å². The summed E-state index contributed by atoms with van der Waals surface area (Å²) in [6.07, 6.45) is -0.536. The van der Waals surface area contributed by atoms with E-state index in [1.807, 2.05) is 43.3 Å². The van der Waals surface area contributed by atoms with Gasteiger partial charge in [-0.05, 0) is 30.2 Å². The molecule has 1 heterocycles. The van der Waals surface area contributed by atoms with E-state index in [0.717, 1.165) is 11.1 Å². The minimum atomic E-state index is -0.536. The average Bonchev–Trinajstić information content (AvgIpc) is 3.03. The highest BCUT2D eigenvalue weighted by molar-refractivity contribution is 5.55. The van der Waals surface area contributed by atoms with E-state index in [1.165, 1.54) is 5.56 Å². The lowest BCUT2D eigenvalue weighted by atomic mass is 10.1. The summed E-state index contributed by atoms with van der Waals surface area (Å²) in [5.41, 5.74) is 3.11. The van der Waals surface area contributed by atoms with Crippen LogP contribution in [0.5, 0.6) is 17.2 Å². The molecule has 0 saturated heterocycles. The quantitative estimate of drug-likeness (QED) is 0.858. The second-order valence-electron chi connectivity index (χ2n) is 5.59. The van der Waals surface area contributed by atoms with Gasteiger partial charge in [0.1, 0.15) is 0 Å². The molecular weight excluding hydrogens is 294 g/mol. The molecule has 122 valence electrons. The molecule has 0 unspecified atom stereocenters. The normalized spacial score (nSPS) is 13.9. The van der Waals surface area contributed by atoms with Gasteiger partial charge in [0.25, 0.3) is 0 Å². The van der Waals surface area contributed by atoms with E-state index in [-0.39, 0.29) is 6.79 Å². The van der Waals surface area contributed by atoms with Crippen molar-refractivity contribution in [2.45, 2.75) is 19.6 Å². The fourth-order valence-corrected chi connectivity index (χ4v) is 2.55. The summed E-state index contributed by atoms with van der Waals surface area (Å²) < 4.78 is 16.1. The van der Waals surface area contributed by atoms with Crippen molar-refractivity contribution in [2.24, 2.45) is 0 Å². The van der Waals surface area contributed by atoms with Crippen LogP contribution < -0.4 is 19.5 Å². The van der Waals surface area contributed by atoms with Crippen molar-refractivity contribution in [1.82, 2.24) is 5.32 Å². The molecule has 0 saturated carbocycles. The Bertz CT molecular complexity index is 669. The number of benzene rings is 2. The lowest BCUT2D eigenvalue weighted by Gasteiger charge is -2.13. The number of aryl methyl sites for hydroxylation is 1. The molecule has 3 rings (SSSR count). The molecular formula is C18H21NO4. The van der Waals surface area contributed by atoms with Crippen molar-refractivity contribution in [3.05, 3.63) is 53.1 Å². The summed E-state index contributed by atoms with van der Waals surface area (Å²) >= 11 is 0. The van der Waals surface area contributed by atoms with Gasteiger partial charge in [-0.1, -0.05) is 29.8 Å². The van der Waals surface area contributed by atoms with E-state index in [4.69, 9.17) is 14.2 Å². The van der Waals surface area contributed by atoms with Gasteiger partial charge in [-0.15, -0.1) is 0 Å². The van der Waals surface area contributed by atoms with Crippen molar-refractivity contribution < 1.29 is 19.3 Å². The maximum Gasteiger partial charge on any atom is 0.231 e. The summed E-state index contributed by atoms with van der Waals surface area (Å²) in [5.74, 6) is 2.01. The first-order valence-corrected chi connectivity index (χ1v) is 7.59. The Balaban J connectivity index is 1.59. The van der Waals surface area contributed by atoms with Gasteiger partial charge in [0.15, 0.2) is 11.5 Å². The molecule has 0 spiro atoms. The van der Waals surface area contributed by atoms with E-state index in [0.29, 0.717) is 30.3 Å². The number of fused-ring (bicyclic) bond motifs is 1. The minimum absolute atomic E-state index is 0.217. The standard InChI is InChI=1S/C18H21NO4/c1-12-3-5-14(6-4-12)15(20)10-19-9-13-7-16(21-2)18-17(8-13)22-11-23-18/h3-8,15,19-20H,9-11H2,1-2H3/t15-/m0/s1. The summed E-state index contributed by atoms with van der Waals surface area (Å²) in [4.78, 5) is 0. The number of hydrogen-bond acceptors (Lipinski definition) is 5. The Labute approximate surface area is 135 Å². The second kappa shape index (κ2) is 6.89. The first kappa shape index (κ1) is 15.6. The molecule has 2 N–H and O–H groups in total. The average molecular weight is 315 g/mol. The minimum Gasteiger partial charge on any atom is -0.493 e. The highest BCUT2D eigenvalue weighted by atomic mass is 16.7. The van der Waals surface area contributed by atoms with Gasteiger partial charge in [-0.25, -0.2) is 0 Å². The number of aliphatic hydroxyl groups is 1. The summed E-state index contributed by atoms with van der Waals surface area (Å²) in [6, 6.07) is 11.7. The monoisotopic (exact) mass is 315 g/mol.